The third-order valence-corrected chi connectivity index (χ3v) is 13.0. The van der Waals surface area contributed by atoms with E-state index in [2.05, 4.69) is 80.6 Å². The number of ketones is 1. The Balaban J connectivity index is 1.38. The lowest BCUT2D eigenvalue weighted by Gasteiger charge is -2.43. The van der Waals surface area contributed by atoms with Crippen LogP contribution in [0.1, 0.15) is 63.5 Å². The fraction of sp³-hybridized carbons (Fsp3) is 0.500. The molecule has 3 saturated carbocycles. The monoisotopic (exact) mass is 443 g/mol. The van der Waals surface area contributed by atoms with Crippen molar-refractivity contribution >= 4 is 22.3 Å². The van der Waals surface area contributed by atoms with E-state index >= 15 is 0 Å². The molecule has 3 aliphatic carbocycles. The zero-order valence-corrected chi connectivity index (χ0v) is 20.2. The highest BCUT2D eigenvalue weighted by Gasteiger charge is 2.75. The number of benzene rings is 2. The molecule has 1 nitrogen and oxygen atoms in total. The second kappa shape index (κ2) is 7.62. The zero-order chi connectivity index (χ0) is 21.9. The van der Waals surface area contributed by atoms with Crippen molar-refractivity contribution in [1.82, 2.24) is 0 Å². The van der Waals surface area contributed by atoms with Crippen LogP contribution in [0.25, 0.3) is 5.57 Å². The fourth-order valence-corrected chi connectivity index (χ4v) is 12.1. The molecule has 2 heteroatoms. The van der Waals surface area contributed by atoms with E-state index in [1.807, 2.05) is 0 Å². The van der Waals surface area contributed by atoms with Crippen molar-refractivity contribution in [2.45, 2.75) is 62.9 Å². The first kappa shape index (κ1) is 20.8. The minimum Gasteiger partial charge on any atom is -0.299 e. The van der Waals surface area contributed by atoms with E-state index in [0.717, 1.165) is 29.8 Å². The third kappa shape index (κ3) is 2.87. The van der Waals surface area contributed by atoms with Crippen LogP contribution < -0.4 is 0 Å². The molecular weight excluding hydrogens is 408 g/mol. The molecule has 1 aliphatic heterocycles. The third-order valence-electron chi connectivity index (χ3n) is 9.73. The van der Waals surface area contributed by atoms with E-state index in [0.29, 0.717) is 27.8 Å². The lowest BCUT2D eigenvalue weighted by atomic mass is 9.64. The summed E-state index contributed by atoms with van der Waals surface area (Å²) >= 11 is 0. The van der Waals surface area contributed by atoms with Crippen molar-refractivity contribution in [1.29, 1.82) is 0 Å². The average Bonchev–Trinajstić information content (AvgIpc) is 3.53. The molecule has 0 amide bonds. The summed E-state index contributed by atoms with van der Waals surface area (Å²) in [5, 5.41) is 1.46. The lowest BCUT2D eigenvalue weighted by Crippen LogP contribution is -2.53. The van der Waals surface area contributed by atoms with Gasteiger partial charge < -0.3 is 0 Å². The summed E-state index contributed by atoms with van der Waals surface area (Å²) in [6.45, 7) is 4.89. The first-order valence-corrected chi connectivity index (χ1v) is 14.1. The van der Waals surface area contributed by atoms with E-state index < -0.39 is 0 Å². The van der Waals surface area contributed by atoms with E-state index in [1.54, 1.807) is 0 Å². The number of carbonyl (C=O) groups is 1. The van der Waals surface area contributed by atoms with Gasteiger partial charge in [0.1, 0.15) is 22.0 Å². The molecule has 0 radical (unpaired) electrons. The van der Waals surface area contributed by atoms with Crippen molar-refractivity contribution in [3.05, 3.63) is 77.9 Å². The van der Waals surface area contributed by atoms with Gasteiger partial charge in [-0.1, -0.05) is 74.5 Å². The minimum absolute atomic E-state index is 0.0336. The summed E-state index contributed by atoms with van der Waals surface area (Å²) < 4.78 is 0. The average molecular weight is 444 g/mol. The van der Waals surface area contributed by atoms with Crippen LogP contribution in [0.5, 0.6) is 0 Å². The van der Waals surface area contributed by atoms with Gasteiger partial charge in [-0.25, -0.2) is 0 Å². The SMILES string of the molecule is CC1(C)C2CCC1(C1C3CCC(C3)[S+]1CC=C(c1ccccc1)c1ccccc1)C(=O)C2. The standard InChI is InChI=1S/C30H35OS/c1-29(2)24-15-17-30(29,27(31)20-24)28-23-13-14-25(19-23)32(28)18-16-26(21-9-5-3-6-10-21)22-11-7-4-8-12-22/h3-12,16,23-25,28H,13-15,17-20H2,1-2H3/q+1. The number of Topliss-reactive ketones (excluding diaryl/α,β-unsaturated/α-hetero) is 1. The molecule has 0 spiro atoms. The van der Waals surface area contributed by atoms with Gasteiger partial charge >= 0.3 is 0 Å². The van der Waals surface area contributed by atoms with Crippen LogP contribution in [0.4, 0.5) is 0 Å². The highest BCUT2D eigenvalue weighted by molar-refractivity contribution is 7.98. The highest BCUT2D eigenvalue weighted by Crippen LogP contribution is 2.70. The molecule has 0 N–H and O–H groups in total. The number of carbonyl (C=O) groups excluding carboxylic acids is 1. The molecule has 1 saturated heterocycles. The van der Waals surface area contributed by atoms with E-state index in [9.17, 15) is 4.79 Å². The molecule has 166 valence electrons. The normalized spacial score (nSPS) is 36.6. The van der Waals surface area contributed by atoms with Gasteiger partial charge in [0.2, 0.25) is 0 Å². The fourth-order valence-electron chi connectivity index (χ4n) is 8.07. The Morgan fingerprint density at radius 2 is 1.62 bits per heavy atom. The highest BCUT2D eigenvalue weighted by atomic mass is 32.2. The van der Waals surface area contributed by atoms with Crippen LogP contribution in [-0.4, -0.2) is 22.0 Å². The molecule has 4 bridgehead atoms. The molecule has 32 heavy (non-hydrogen) atoms. The molecule has 0 aromatic heterocycles. The summed E-state index contributed by atoms with van der Waals surface area (Å²) in [5.74, 6) is 3.18. The van der Waals surface area contributed by atoms with Gasteiger partial charge in [0.05, 0.1) is 5.41 Å². The maximum absolute atomic E-state index is 13.6. The van der Waals surface area contributed by atoms with Crippen molar-refractivity contribution in [2.24, 2.45) is 22.7 Å². The smallest absolute Gasteiger partial charge is 0.144 e. The summed E-state index contributed by atoms with van der Waals surface area (Å²) in [4.78, 5) is 13.6. The van der Waals surface area contributed by atoms with Crippen LogP contribution >= 0.6 is 0 Å². The maximum atomic E-state index is 13.6. The first-order valence-electron chi connectivity index (χ1n) is 12.5. The maximum Gasteiger partial charge on any atom is 0.144 e. The van der Waals surface area contributed by atoms with Gasteiger partial charge in [-0.2, -0.15) is 0 Å². The summed E-state index contributed by atoms with van der Waals surface area (Å²) in [7, 11) is 0.312. The molecule has 6 atom stereocenters. The van der Waals surface area contributed by atoms with Crippen LogP contribution in [0.2, 0.25) is 0 Å². The van der Waals surface area contributed by atoms with Gasteiger partial charge in [-0.15, -0.1) is 0 Å². The van der Waals surface area contributed by atoms with Crippen LogP contribution in [0.3, 0.4) is 0 Å². The molecule has 6 rings (SSSR count). The van der Waals surface area contributed by atoms with E-state index in [1.165, 1.54) is 42.4 Å². The Bertz CT molecular complexity index is 998. The Labute approximate surface area is 196 Å². The number of hydrogen-bond donors (Lipinski definition) is 0. The molecule has 2 aromatic carbocycles. The Kier molecular flexibility index (Phi) is 4.95. The summed E-state index contributed by atoms with van der Waals surface area (Å²) in [5.41, 5.74) is 4.13. The van der Waals surface area contributed by atoms with Gasteiger partial charge in [-0.3, -0.25) is 4.79 Å². The topological polar surface area (TPSA) is 17.1 Å². The van der Waals surface area contributed by atoms with E-state index in [4.69, 9.17) is 0 Å². The van der Waals surface area contributed by atoms with Gasteiger partial charge in [0, 0.05) is 18.8 Å². The molecule has 4 fully saturated rings. The molecule has 4 aliphatic rings. The summed E-state index contributed by atoms with van der Waals surface area (Å²) in [6.07, 6.45) is 9.96. The predicted octanol–water partition coefficient (Wildman–Crippen LogP) is 6.68. The van der Waals surface area contributed by atoms with Crippen LogP contribution in [0.15, 0.2) is 66.7 Å². The van der Waals surface area contributed by atoms with Gasteiger partial charge in [0.25, 0.3) is 0 Å². The number of hydrogen-bond acceptors (Lipinski definition) is 1. The lowest BCUT2D eigenvalue weighted by molar-refractivity contribution is -0.130. The van der Waals surface area contributed by atoms with Gasteiger partial charge in [-0.05, 0) is 70.7 Å². The minimum atomic E-state index is -0.0336. The Morgan fingerprint density at radius 3 is 2.19 bits per heavy atom. The van der Waals surface area contributed by atoms with Crippen LogP contribution in [0, 0.1) is 22.7 Å². The zero-order valence-electron chi connectivity index (χ0n) is 19.4. The first-order chi connectivity index (χ1) is 15.5. The van der Waals surface area contributed by atoms with Crippen molar-refractivity contribution in [3.8, 4) is 0 Å². The molecule has 6 unspecified atom stereocenters. The predicted molar refractivity (Wildman–Crippen MR) is 136 cm³/mol. The van der Waals surface area contributed by atoms with Crippen LogP contribution in [-0.2, 0) is 15.7 Å². The number of rotatable bonds is 5. The second-order valence-corrected chi connectivity index (χ2v) is 13.6. The molecule has 2 aromatic rings. The molecule has 1 heterocycles. The van der Waals surface area contributed by atoms with Crippen molar-refractivity contribution in [2.75, 3.05) is 5.75 Å². The summed E-state index contributed by atoms with van der Waals surface area (Å²) in [6, 6.07) is 21.7. The van der Waals surface area contributed by atoms with Crippen molar-refractivity contribution < 1.29 is 4.79 Å². The quantitative estimate of drug-likeness (QED) is 0.471. The largest absolute Gasteiger partial charge is 0.299 e. The van der Waals surface area contributed by atoms with Gasteiger partial charge in [0.15, 0.2) is 0 Å². The number of fused-ring (bicyclic) bond motifs is 4. The molecular formula is C30H35OS+. The second-order valence-electron chi connectivity index (χ2n) is 11.2. The van der Waals surface area contributed by atoms with Crippen molar-refractivity contribution in [3.63, 3.8) is 0 Å². The Morgan fingerprint density at radius 1 is 0.969 bits per heavy atom. The van der Waals surface area contributed by atoms with E-state index in [-0.39, 0.29) is 10.8 Å². The Hall–Kier alpha value is -1.80.